The van der Waals surface area contributed by atoms with E-state index in [4.69, 9.17) is 50.6 Å². The number of hydrogen-bond acceptors (Lipinski definition) is 19. The summed E-state index contributed by atoms with van der Waals surface area (Å²) in [6.07, 6.45) is -2.10. The average molecular weight is 778 g/mol. The van der Waals surface area contributed by atoms with Gasteiger partial charge in [0.15, 0.2) is 23.8 Å². The molecule has 8 heterocycles. The monoisotopic (exact) mass is 777 g/mol. The molecular weight excluding hydrogens is 741 g/mol. The van der Waals surface area contributed by atoms with E-state index in [1.165, 1.54) is 17.2 Å². The van der Waals surface area contributed by atoms with E-state index < -0.39 is 75.0 Å². The second-order valence-electron chi connectivity index (χ2n) is 12.7. The highest BCUT2D eigenvalue weighted by Crippen LogP contribution is 2.50. The Morgan fingerprint density at radius 2 is 1.98 bits per heavy atom. The average Bonchev–Trinajstić information content (AvgIpc) is 3.87. The molecule has 0 saturated carbocycles. The summed E-state index contributed by atoms with van der Waals surface area (Å²) < 4.78 is 38.5. The van der Waals surface area contributed by atoms with E-state index in [-0.39, 0.29) is 49.0 Å². The van der Waals surface area contributed by atoms with Crippen LogP contribution < -0.4 is 21.7 Å². The van der Waals surface area contributed by atoms with Crippen molar-refractivity contribution in [2.45, 2.75) is 62.2 Å². The molecule has 53 heavy (non-hydrogen) atoms. The van der Waals surface area contributed by atoms with Crippen molar-refractivity contribution in [1.82, 2.24) is 39.4 Å². The predicted molar refractivity (Wildman–Crippen MR) is 185 cm³/mol. The highest BCUT2D eigenvalue weighted by atomic mass is 32.5. The van der Waals surface area contributed by atoms with Crippen molar-refractivity contribution in [1.29, 1.82) is 0 Å². The van der Waals surface area contributed by atoms with Gasteiger partial charge >= 0.3 is 12.9 Å². The first-order valence-electron chi connectivity index (χ1n) is 16.8. The number of imidazole rings is 1. The maximum atomic E-state index is 13.2. The van der Waals surface area contributed by atoms with E-state index in [1.807, 2.05) is 10.8 Å². The Kier molecular flexibility index (Phi) is 9.76. The van der Waals surface area contributed by atoms with Crippen LogP contribution in [0.3, 0.4) is 0 Å². The number of cyclic esters (lactones) is 1. The number of rotatable bonds is 7. The summed E-state index contributed by atoms with van der Waals surface area (Å²) in [7, 11) is 0. The van der Waals surface area contributed by atoms with Crippen molar-refractivity contribution in [3.8, 4) is 0 Å². The van der Waals surface area contributed by atoms with Gasteiger partial charge < -0.3 is 69.4 Å². The third-order valence-corrected chi connectivity index (χ3v) is 10.9. The zero-order chi connectivity index (χ0) is 36.9. The third-order valence-electron chi connectivity index (χ3n) is 9.27. The molecule has 8 rings (SSSR count). The molecule has 4 aromatic heterocycles. The number of aromatic nitrogens is 7. The Morgan fingerprint density at radius 3 is 2.83 bits per heavy atom. The second-order valence-corrected chi connectivity index (χ2v) is 15.5. The summed E-state index contributed by atoms with van der Waals surface area (Å²) in [5.74, 6) is 0.269. The van der Waals surface area contributed by atoms with Crippen LogP contribution in [0.1, 0.15) is 30.9 Å². The van der Waals surface area contributed by atoms with Crippen LogP contribution in [0.15, 0.2) is 18.9 Å². The number of aryl methyl sites for hydroxylation is 1. The highest BCUT2D eigenvalue weighted by Gasteiger charge is 2.50. The van der Waals surface area contributed by atoms with E-state index in [1.54, 1.807) is 0 Å². The first kappa shape index (κ1) is 35.7. The van der Waals surface area contributed by atoms with Crippen LogP contribution in [0.25, 0.3) is 22.2 Å². The Bertz CT molecular complexity index is 2090. The normalized spacial score (nSPS) is 30.2. The molecule has 4 aromatic rings. The second kappa shape index (κ2) is 14.5. The van der Waals surface area contributed by atoms with Gasteiger partial charge in [0.2, 0.25) is 11.9 Å². The molecule has 4 aliphatic rings. The van der Waals surface area contributed by atoms with Crippen molar-refractivity contribution >= 4 is 70.4 Å². The number of amides is 1. The number of nitrogens with two attached hydrogens (primary N) is 1. The summed E-state index contributed by atoms with van der Waals surface area (Å²) in [6.45, 7) is -4.29. The SMILES string of the molecule is Nc1nc(NCCNC(=O)CO)nc2c1ncn2[C@@H]1O[C@@H]2COP(O)(=S)O[C@H]3C[C@H](n4cc5c6c(ncnc64)NCCC5)O[C@@H]3COC(=O)O[C@@H]1[C@@H]2O. The Hall–Kier alpha value is -4.32. The Morgan fingerprint density at radius 1 is 1.11 bits per heavy atom. The topological polar surface area (TPSA) is 287 Å². The summed E-state index contributed by atoms with van der Waals surface area (Å²) in [6, 6.07) is 0. The van der Waals surface area contributed by atoms with Gasteiger partial charge in [-0.25, -0.2) is 19.7 Å². The minimum absolute atomic E-state index is 0.00698. The number of aliphatic hydroxyl groups is 2. The van der Waals surface area contributed by atoms with Gasteiger partial charge in [0.25, 0.3) is 0 Å². The number of nitrogens with one attached hydrogen (secondary N) is 3. The van der Waals surface area contributed by atoms with E-state index >= 15 is 0 Å². The molecule has 8 atom stereocenters. The van der Waals surface area contributed by atoms with Gasteiger partial charge in [0.1, 0.15) is 67.2 Å². The Labute approximate surface area is 304 Å². The van der Waals surface area contributed by atoms with Crippen LogP contribution in [0.2, 0.25) is 0 Å². The molecule has 0 radical (unpaired) electrons. The molecule has 0 aliphatic carbocycles. The van der Waals surface area contributed by atoms with Crippen LogP contribution in [0.4, 0.5) is 22.4 Å². The lowest BCUT2D eigenvalue weighted by atomic mass is 10.1. The zero-order valence-electron chi connectivity index (χ0n) is 27.8. The molecule has 1 unspecified atom stereocenters. The lowest BCUT2D eigenvalue weighted by Gasteiger charge is -2.25. The molecule has 3 fully saturated rings. The maximum Gasteiger partial charge on any atom is 0.508 e. The van der Waals surface area contributed by atoms with Crippen LogP contribution in [0, 0.1) is 0 Å². The fraction of sp³-hybridized carbons (Fsp3) is 0.552. The lowest BCUT2D eigenvalue weighted by molar-refractivity contribution is -0.123. The third kappa shape index (κ3) is 7.06. The minimum Gasteiger partial charge on any atom is -0.431 e. The van der Waals surface area contributed by atoms with Gasteiger partial charge in [0, 0.05) is 32.3 Å². The maximum absolute atomic E-state index is 13.2. The van der Waals surface area contributed by atoms with Crippen molar-refractivity contribution in [2.75, 3.05) is 55.8 Å². The fourth-order valence-corrected chi connectivity index (χ4v) is 8.30. The number of carbonyl (C=O) groups excluding carboxylic acids is 2. The van der Waals surface area contributed by atoms with Crippen molar-refractivity contribution in [3.05, 3.63) is 24.4 Å². The standard InChI is InChI=1S/C29H36N11O11PS/c30-23-20-26(38-28(37-23)33-5-4-31-17(42)8-41)40(12-36-20)27-22-21(43)16(49-27)10-47-52(45,53)51-14-6-18(48-15(14)9-46-29(44)50-22)39-7-13-2-1-3-32-24-19(13)25(39)35-11-34-24/h7,11-12,14-16,18,21-22,27,41,43H,1-6,8-10H2,(H,31,42)(H,45,53)(H,32,34,35)(H3,30,33,37,38)/t14-,15+,16+,18+,21+,22+,27+,52?/m0/s1. The number of carbonyl (C=O) groups is 2. The molecule has 8 N–H and O–H groups in total. The molecule has 1 amide bonds. The van der Waals surface area contributed by atoms with Crippen molar-refractivity contribution < 1.29 is 52.7 Å². The van der Waals surface area contributed by atoms with E-state index in [9.17, 15) is 19.6 Å². The van der Waals surface area contributed by atoms with Crippen LogP contribution in [-0.4, -0.2) is 131 Å². The molecule has 24 heteroatoms. The summed E-state index contributed by atoms with van der Waals surface area (Å²) in [5, 5.41) is 29.8. The molecule has 284 valence electrons. The smallest absolute Gasteiger partial charge is 0.431 e. The first-order chi connectivity index (χ1) is 25.6. The van der Waals surface area contributed by atoms with Crippen LogP contribution in [0.5, 0.6) is 0 Å². The first-order valence-corrected chi connectivity index (χ1v) is 19.4. The summed E-state index contributed by atoms with van der Waals surface area (Å²) >= 11 is 5.39. The van der Waals surface area contributed by atoms with Crippen LogP contribution in [-0.2, 0) is 51.0 Å². The van der Waals surface area contributed by atoms with E-state index in [2.05, 4.69) is 40.9 Å². The summed E-state index contributed by atoms with van der Waals surface area (Å²) in [4.78, 5) is 57.6. The summed E-state index contributed by atoms with van der Waals surface area (Å²) in [5.41, 5.74) is 8.21. The zero-order valence-corrected chi connectivity index (χ0v) is 29.5. The number of nitrogens with zero attached hydrogens (tertiary/aromatic N) is 7. The number of anilines is 3. The fourth-order valence-electron chi connectivity index (χ4n) is 6.83. The highest BCUT2D eigenvalue weighted by molar-refractivity contribution is 8.07. The number of fused-ring (bicyclic) bond motifs is 4. The van der Waals surface area contributed by atoms with E-state index in [0.717, 1.165) is 36.2 Å². The number of ether oxygens (including phenoxy) is 4. The minimum atomic E-state index is -3.99. The molecule has 2 bridgehead atoms. The molecule has 0 spiro atoms. The molecular formula is C29H36N11O11PS. The number of nitrogen functional groups attached to an aromatic ring is 1. The van der Waals surface area contributed by atoms with Gasteiger partial charge in [-0.2, -0.15) is 9.97 Å². The molecule has 22 nitrogen and oxygen atoms in total. The van der Waals surface area contributed by atoms with Gasteiger partial charge in [-0.05, 0) is 30.2 Å². The predicted octanol–water partition coefficient (Wildman–Crippen LogP) is -0.568. The molecule has 4 aliphatic heterocycles. The van der Waals surface area contributed by atoms with Gasteiger partial charge in [0.05, 0.1) is 18.3 Å². The van der Waals surface area contributed by atoms with E-state index in [0.29, 0.717) is 5.65 Å². The number of hydrogen-bond donors (Lipinski definition) is 7. The molecule has 0 aromatic carbocycles. The van der Waals surface area contributed by atoms with Gasteiger partial charge in [-0.15, -0.1) is 0 Å². The van der Waals surface area contributed by atoms with Crippen LogP contribution >= 0.6 is 6.72 Å². The van der Waals surface area contributed by atoms with Crippen molar-refractivity contribution in [3.63, 3.8) is 0 Å². The van der Waals surface area contributed by atoms with Gasteiger partial charge in [-0.1, -0.05) is 0 Å². The number of aliphatic hydroxyl groups excluding tert-OH is 2. The van der Waals surface area contributed by atoms with Crippen molar-refractivity contribution in [2.24, 2.45) is 0 Å². The molecule has 3 saturated heterocycles. The largest absolute Gasteiger partial charge is 0.508 e. The van der Waals surface area contributed by atoms with Gasteiger partial charge in [-0.3, -0.25) is 9.36 Å². The lowest BCUT2D eigenvalue weighted by Crippen LogP contribution is -2.37. The Balaban J connectivity index is 1.03. The quantitative estimate of drug-likeness (QED) is 0.0703.